The summed E-state index contributed by atoms with van der Waals surface area (Å²) in [7, 11) is 1.70. The highest BCUT2D eigenvalue weighted by Crippen LogP contribution is 2.15. The number of hydrogen-bond donors (Lipinski definition) is 1. The maximum absolute atomic E-state index is 5.77. The number of pyridine rings is 1. The zero-order valence-corrected chi connectivity index (χ0v) is 13.6. The van der Waals surface area contributed by atoms with Gasteiger partial charge in [-0.1, -0.05) is 12.1 Å². The lowest BCUT2D eigenvalue weighted by atomic mass is 10.2. The Labute approximate surface area is 133 Å². The van der Waals surface area contributed by atoms with Crippen molar-refractivity contribution < 1.29 is 9.47 Å². The van der Waals surface area contributed by atoms with Gasteiger partial charge in [-0.2, -0.15) is 0 Å². The van der Waals surface area contributed by atoms with Crippen molar-refractivity contribution in [1.82, 2.24) is 10.3 Å². The smallest absolute Gasteiger partial charge is 0.130 e. The van der Waals surface area contributed by atoms with Gasteiger partial charge in [0.1, 0.15) is 12.4 Å². The number of rotatable bonds is 8. The quantitative estimate of drug-likeness (QED) is 0.742. The van der Waals surface area contributed by atoms with E-state index in [0.29, 0.717) is 13.2 Å². The van der Waals surface area contributed by atoms with E-state index >= 15 is 0 Å². The normalized spacial score (nSPS) is 10.6. The molecule has 2 rings (SSSR count). The van der Waals surface area contributed by atoms with Crippen molar-refractivity contribution >= 4 is 15.9 Å². The monoisotopic (exact) mass is 350 g/mol. The van der Waals surface area contributed by atoms with Crippen LogP contribution in [0.15, 0.2) is 47.1 Å². The number of benzene rings is 1. The second-order valence-corrected chi connectivity index (χ2v) is 5.49. The van der Waals surface area contributed by atoms with Crippen molar-refractivity contribution in [3.05, 3.63) is 58.3 Å². The van der Waals surface area contributed by atoms with Crippen LogP contribution in [0.1, 0.15) is 11.3 Å². The molecule has 21 heavy (non-hydrogen) atoms. The molecule has 0 radical (unpaired) electrons. The van der Waals surface area contributed by atoms with Crippen molar-refractivity contribution in [3.8, 4) is 5.75 Å². The predicted molar refractivity (Wildman–Crippen MR) is 86.3 cm³/mol. The summed E-state index contributed by atoms with van der Waals surface area (Å²) in [5.74, 6) is 0.853. The van der Waals surface area contributed by atoms with E-state index in [2.05, 4.69) is 32.3 Å². The van der Waals surface area contributed by atoms with Crippen molar-refractivity contribution in [1.29, 1.82) is 0 Å². The predicted octanol–water partition coefficient (Wildman–Crippen LogP) is 3.16. The van der Waals surface area contributed by atoms with Crippen molar-refractivity contribution in [2.75, 3.05) is 20.3 Å². The molecule has 0 aliphatic heterocycles. The highest BCUT2D eigenvalue weighted by Gasteiger charge is 1.99. The molecule has 0 atom stereocenters. The summed E-state index contributed by atoms with van der Waals surface area (Å²) >= 11 is 3.37. The minimum Gasteiger partial charge on any atom is -0.487 e. The molecule has 5 heteroatoms. The van der Waals surface area contributed by atoms with E-state index in [1.165, 1.54) is 5.56 Å². The zero-order valence-electron chi connectivity index (χ0n) is 12.0. The molecule has 0 bridgehead atoms. The number of nitrogens with one attached hydrogen (secondary N) is 1. The fourth-order valence-corrected chi connectivity index (χ4v) is 2.04. The zero-order chi connectivity index (χ0) is 14.9. The van der Waals surface area contributed by atoms with Gasteiger partial charge in [-0.25, -0.2) is 0 Å². The summed E-state index contributed by atoms with van der Waals surface area (Å²) < 4.78 is 11.7. The number of ether oxygens (including phenoxy) is 2. The molecule has 1 heterocycles. The lowest BCUT2D eigenvalue weighted by molar-refractivity contribution is 0.199. The molecule has 4 nitrogen and oxygen atoms in total. The third-order valence-electron chi connectivity index (χ3n) is 2.89. The number of hydrogen-bond acceptors (Lipinski definition) is 4. The van der Waals surface area contributed by atoms with Gasteiger partial charge in [0.15, 0.2) is 0 Å². The standard InChI is InChI=1S/C16H19BrN2O2/c1-20-8-7-18-10-13-3-2-4-16(9-13)21-12-15-6-5-14(17)11-19-15/h2-6,9,11,18H,7-8,10,12H2,1H3. The SMILES string of the molecule is COCCNCc1cccc(OCc2ccc(Br)cn2)c1. The van der Waals surface area contributed by atoms with Crippen LogP contribution in [0.25, 0.3) is 0 Å². The topological polar surface area (TPSA) is 43.4 Å². The second-order valence-electron chi connectivity index (χ2n) is 4.57. The lowest BCUT2D eigenvalue weighted by Gasteiger charge is -2.09. The van der Waals surface area contributed by atoms with Gasteiger partial charge in [0.25, 0.3) is 0 Å². The molecule has 0 aliphatic carbocycles. The van der Waals surface area contributed by atoms with Crippen LogP contribution in [0.4, 0.5) is 0 Å². The van der Waals surface area contributed by atoms with Crippen LogP contribution >= 0.6 is 15.9 Å². The molecule has 0 aliphatic rings. The van der Waals surface area contributed by atoms with Crippen LogP contribution in [0.5, 0.6) is 5.75 Å². The van der Waals surface area contributed by atoms with E-state index in [9.17, 15) is 0 Å². The Morgan fingerprint density at radius 2 is 2.14 bits per heavy atom. The molecule has 0 saturated heterocycles. The van der Waals surface area contributed by atoms with Crippen LogP contribution in [0.3, 0.4) is 0 Å². The second kappa shape index (κ2) is 8.77. The molecule has 0 amide bonds. The van der Waals surface area contributed by atoms with Crippen molar-refractivity contribution in [2.24, 2.45) is 0 Å². The van der Waals surface area contributed by atoms with E-state index in [1.807, 2.05) is 30.3 Å². The fourth-order valence-electron chi connectivity index (χ4n) is 1.80. The third kappa shape index (κ3) is 5.83. The molecule has 0 saturated carbocycles. The molecule has 1 aromatic carbocycles. The molecule has 2 aromatic rings. The molecule has 112 valence electrons. The van der Waals surface area contributed by atoms with Gasteiger partial charge in [-0.15, -0.1) is 0 Å². The van der Waals surface area contributed by atoms with Crippen LogP contribution in [-0.2, 0) is 17.9 Å². The third-order valence-corrected chi connectivity index (χ3v) is 3.35. The van der Waals surface area contributed by atoms with Gasteiger partial charge >= 0.3 is 0 Å². The van der Waals surface area contributed by atoms with Crippen LogP contribution in [0.2, 0.25) is 0 Å². The largest absolute Gasteiger partial charge is 0.487 e. The summed E-state index contributed by atoms with van der Waals surface area (Å²) in [4.78, 5) is 4.29. The Morgan fingerprint density at radius 3 is 2.90 bits per heavy atom. The lowest BCUT2D eigenvalue weighted by Crippen LogP contribution is -2.18. The Morgan fingerprint density at radius 1 is 1.24 bits per heavy atom. The van der Waals surface area contributed by atoms with Gasteiger partial charge in [-0.3, -0.25) is 4.98 Å². The summed E-state index contributed by atoms with van der Waals surface area (Å²) in [6.45, 7) is 2.82. The number of methoxy groups -OCH3 is 1. The van der Waals surface area contributed by atoms with E-state index in [4.69, 9.17) is 9.47 Å². The van der Waals surface area contributed by atoms with E-state index in [0.717, 1.165) is 29.0 Å². The molecular weight excluding hydrogens is 332 g/mol. The number of aromatic nitrogens is 1. The number of nitrogens with zero attached hydrogens (tertiary/aromatic N) is 1. The fraction of sp³-hybridized carbons (Fsp3) is 0.312. The van der Waals surface area contributed by atoms with Gasteiger partial charge < -0.3 is 14.8 Å². The summed E-state index contributed by atoms with van der Waals surface area (Å²) in [6, 6.07) is 12.0. The minimum absolute atomic E-state index is 0.466. The van der Waals surface area contributed by atoms with Gasteiger partial charge in [0.05, 0.1) is 12.3 Å². The van der Waals surface area contributed by atoms with Crippen LogP contribution in [0, 0.1) is 0 Å². The summed E-state index contributed by atoms with van der Waals surface area (Å²) in [6.07, 6.45) is 1.77. The van der Waals surface area contributed by atoms with Gasteiger partial charge in [0, 0.05) is 30.9 Å². The first-order valence-corrected chi connectivity index (χ1v) is 7.59. The summed E-state index contributed by atoms with van der Waals surface area (Å²) in [5, 5.41) is 3.31. The van der Waals surface area contributed by atoms with E-state index in [-0.39, 0.29) is 0 Å². The maximum Gasteiger partial charge on any atom is 0.130 e. The molecule has 0 fully saturated rings. The Balaban J connectivity index is 1.84. The first-order chi connectivity index (χ1) is 10.3. The molecular formula is C16H19BrN2O2. The number of halogens is 1. The van der Waals surface area contributed by atoms with E-state index in [1.54, 1.807) is 13.3 Å². The molecule has 1 aromatic heterocycles. The first kappa shape index (κ1) is 15.9. The first-order valence-electron chi connectivity index (χ1n) is 6.80. The molecule has 0 unspecified atom stereocenters. The average molecular weight is 351 g/mol. The van der Waals surface area contributed by atoms with Crippen LogP contribution < -0.4 is 10.1 Å². The molecule has 0 spiro atoms. The Hall–Kier alpha value is -1.43. The average Bonchev–Trinajstić information content (AvgIpc) is 2.52. The maximum atomic E-state index is 5.77. The minimum atomic E-state index is 0.466. The Bertz CT molecular complexity index is 546. The Kier molecular flexibility index (Phi) is 6.66. The van der Waals surface area contributed by atoms with Crippen LogP contribution in [-0.4, -0.2) is 25.2 Å². The van der Waals surface area contributed by atoms with Crippen molar-refractivity contribution in [3.63, 3.8) is 0 Å². The van der Waals surface area contributed by atoms with Gasteiger partial charge in [0.2, 0.25) is 0 Å². The molecule has 1 N–H and O–H groups in total. The summed E-state index contributed by atoms with van der Waals surface area (Å²) in [5.41, 5.74) is 2.09. The van der Waals surface area contributed by atoms with Crippen molar-refractivity contribution in [2.45, 2.75) is 13.2 Å². The highest BCUT2D eigenvalue weighted by atomic mass is 79.9. The highest BCUT2D eigenvalue weighted by molar-refractivity contribution is 9.10. The van der Waals surface area contributed by atoms with E-state index < -0.39 is 0 Å². The van der Waals surface area contributed by atoms with Gasteiger partial charge in [-0.05, 0) is 45.8 Å².